The summed E-state index contributed by atoms with van der Waals surface area (Å²) < 4.78 is 26.8. The lowest BCUT2D eigenvalue weighted by atomic mass is 10.0. The number of hydrogen-bond donors (Lipinski definition) is 1. The fourth-order valence-corrected chi connectivity index (χ4v) is 2.27. The van der Waals surface area contributed by atoms with Gasteiger partial charge in [-0.15, -0.1) is 0 Å². The smallest absolute Gasteiger partial charge is 0.123 e. The van der Waals surface area contributed by atoms with E-state index in [0.717, 1.165) is 19.4 Å². The van der Waals surface area contributed by atoms with E-state index in [-0.39, 0.29) is 18.3 Å². The number of hydrogen-bond acceptors (Lipinski definition) is 1. The van der Waals surface area contributed by atoms with Crippen LogP contribution in [0.5, 0.6) is 0 Å². The highest BCUT2D eigenvalue weighted by molar-refractivity contribution is 6.31. The molecule has 4 heteroatoms. The SMILES string of the molecule is Fc1ccc(Cl)c(CC(F)C2CCCN2)c1. The molecule has 88 valence electrons. The van der Waals surface area contributed by atoms with E-state index in [1.165, 1.54) is 18.2 Å². The third-order valence-electron chi connectivity index (χ3n) is 2.96. The normalized spacial score (nSPS) is 22.3. The molecule has 0 aromatic heterocycles. The van der Waals surface area contributed by atoms with Gasteiger partial charge < -0.3 is 5.32 Å². The van der Waals surface area contributed by atoms with E-state index >= 15 is 0 Å². The molecule has 1 aliphatic rings. The minimum Gasteiger partial charge on any atom is -0.311 e. The average molecular weight is 246 g/mol. The van der Waals surface area contributed by atoms with Gasteiger partial charge in [0.25, 0.3) is 0 Å². The first-order valence-electron chi connectivity index (χ1n) is 5.48. The number of halogens is 3. The Morgan fingerprint density at radius 1 is 1.50 bits per heavy atom. The van der Waals surface area contributed by atoms with Gasteiger partial charge in [-0.25, -0.2) is 8.78 Å². The van der Waals surface area contributed by atoms with Crippen molar-refractivity contribution in [2.75, 3.05) is 6.54 Å². The molecular formula is C12H14ClF2N. The van der Waals surface area contributed by atoms with Gasteiger partial charge in [-0.2, -0.15) is 0 Å². The Bertz CT molecular complexity index is 364. The summed E-state index contributed by atoms with van der Waals surface area (Å²) in [6, 6.07) is 3.96. The van der Waals surface area contributed by atoms with Crippen LogP contribution in [-0.2, 0) is 6.42 Å². The van der Waals surface area contributed by atoms with E-state index in [1.807, 2.05) is 0 Å². The second kappa shape index (κ2) is 5.11. The molecule has 2 unspecified atom stereocenters. The zero-order chi connectivity index (χ0) is 11.5. The summed E-state index contributed by atoms with van der Waals surface area (Å²) in [6.45, 7) is 0.863. The molecule has 2 rings (SSSR count). The second-order valence-electron chi connectivity index (χ2n) is 4.16. The molecule has 1 aromatic rings. The lowest BCUT2D eigenvalue weighted by Gasteiger charge is -2.16. The van der Waals surface area contributed by atoms with Crippen molar-refractivity contribution in [2.45, 2.75) is 31.5 Å². The van der Waals surface area contributed by atoms with Crippen molar-refractivity contribution in [3.63, 3.8) is 0 Å². The van der Waals surface area contributed by atoms with E-state index in [9.17, 15) is 8.78 Å². The van der Waals surface area contributed by atoms with Crippen LogP contribution in [0.3, 0.4) is 0 Å². The third-order valence-corrected chi connectivity index (χ3v) is 3.33. The Morgan fingerprint density at radius 2 is 2.31 bits per heavy atom. The summed E-state index contributed by atoms with van der Waals surface area (Å²) in [6.07, 6.45) is 1.02. The Hall–Kier alpha value is -0.670. The monoisotopic (exact) mass is 245 g/mol. The van der Waals surface area contributed by atoms with E-state index < -0.39 is 6.17 Å². The molecule has 1 heterocycles. The highest BCUT2D eigenvalue weighted by Gasteiger charge is 2.24. The zero-order valence-corrected chi connectivity index (χ0v) is 9.61. The van der Waals surface area contributed by atoms with Crippen LogP contribution in [0.1, 0.15) is 18.4 Å². The van der Waals surface area contributed by atoms with E-state index in [0.29, 0.717) is 10.6 Å². The van der Waals surface area contributed by atoms with E-state index in [2.05, 4.69) is 5.32 Å². The predicted octanol–water partition coefficient (Wildman–Crippen LogP) is 3.11. The van der Waals surface area contributed by atoms with Gasteiger partial charge in [0.1, 0.15) is 12.0 Å². The van der Waals surface area contributed by atoms with Crippen molar-refractivity contribution in [3.8, 4) is 0 Å². The maximum atomic E-state index is 13.9. The number of nitrogens with one attached hydrogen (secondary N) is 1. The molecule has 16 heavy (non-hydrogen) atoms. The van der Waals surface area contributed by atoms with Gasteiger partial charge in [0.15, 0.2) is 0 Å². The molecule has 0 amide bonds. The summed E-state index contributed by atoms with van der Waals surface area (Å²) in [5.74, 6) is -0.369. The standard InChI is InChI=1S/C12H14ClF2N/c13-10-4-3-9(14)6-8(10)7-11(15)12-2-1-5-16-12/h3-4,6,11-12,16H,1-2,5,7H2. The lowest BCUT2D eigenvalue weighted by Crippen LogP contribution is -2.33. The van der Waals surface area contributed by atoms with Gasteiger partial charge >= 0.3 is 0 Å². The Balaban J connectivity index is 2.04. The summed E-state index contributed by atoms with van der Waals surface area (Å²) in [7, 11) is 0. The molecule has 1 aromatic carbocycles. The molecule has 1 fully saturated rings. The zero-order valence-electron chi connectivity index (χ0n) is 8.85. The van der Waals surface area contributed by atoms with Crippen molar-refractivity contribution in [1.29, 1.82) is 0 Å². The largest absolute Gasteiger partial charge is 0.311 e. The van der Waals surface area contributed by atoms with Crippen LogP contribution in [0.15, 0.2) is 18.2 Å². The molecule has 0 spiro atoms. The Morgan fingerprint density at radius 3 is 3.00 bits per heavy atom. The van der Waals surface area contributed by atoms with Crippen LogP contribution < -0.4 is 5.32 Å². The van der Waals surface area contributed by atoms with Crippen molar-refractivity contribution < 1.29 is 8.78 Å². The molecule has 0 radical (unpaired) electrons. The molecule has 0 aliphatic carbocycles. The minimum absolute atomic E-state index is 0.112. The van der Waals surface area contributed by atoms with E-state index in [1.54, 1.807) is 0 Å². The molecule has 1 saturated heterocycles. The van der Waals surface area contributed by atoms with Gasteiger partial charge in [0, 0.05) is 17.5 Å². The summed E-state index contributed by atoms with van der Waals surface area (Å²) >= 11 is 5.89. The van der Waals surface area contributed by atoms with Crippen LogP contribution in [0.4, 0.5) is 8.78 Å². The van der Waals surface area contributed by atoms with Crippen LogP contribution >= 0.6 is 11.6 Å². The summed E-state index contributed by atoms with van der Waals surface area (Å²) in [5.41, 5.74) is 0.544. The Kier molecular flexibility index (Phi) is 3.77. The molecule has 0 saturated carbocycles. The molecule has 0 bridgehead atoms. The third kappa shape index (κ3) is 2.71. The summed E-state index contributed by atoms with van der Waals surface area (Å²) in [5, 5.41) is 3.53. The second-order valence-corrected chi connectivity index (χ2v) is 4.57. The lowest BCUT2D eigenvalue weighted by molar-refractivity contribution is 0.263. The predicted molar refractivity (Wildman–Crippen MR) is 61.0 cm³/mol. The molecule has 1 N–H and O–H groups in total. The van der Waals surface area contributed by atoms with Gasteiger partial charge in [0.2, 0.25) is 0 Å². The van der Waals surface area contributed by atoms with Crippen LogP contribution in [0.2, 0.25) is 5.02 Å². The average Bonchev–Trinajstić information content (AvgIpc) is 2.76. The highest BCUT2D eigenvalue weighted by Crippen LogP contribution is 2.22. The molecular weight excluding hydrogens is 232 g/mol. The fraction of sp³-hybridized carbons (Fsp3) is 0.500. The molecule has 2 atom stereocenters. The van der Waals surface area contributed by atoms with Crippen molar-refractivity contribution in [1.82, 2.24) is 5.32 Å². The number of alkyl halides is 1. The maximum absolute atomic E-state index is 13.9. The van der Waals surface area contributed by atoms with Gasteiger partial charge in [0.05, 0.1) is 0 Å². The van der Waals surface area contributed by atoms with E-state index in [4.69, 9.17) is 11.6 Å². The molecule has 1 aliphatic heterocycles. The topological polar surface area (TPSA) is 12.0 Å². The van der Waals surface area contributed by atoms with Crippen LogP contribution in [0.25, 0.3) is 0 Å². The first-order valence-corrected chi connectivity index (χ1v) is 5.86. The van der Waals surface area contributed by atoms with Crippen molar-refractivity contribution in [2.24, 2.45) is 0 Å². The minimum atomic E-state index is -0.998. The first kappa shape index (κ1) is 11.8. The van der Waals surface area contributed by atoms with Crippen LogP contribution in [-0.4, -0.2) is 18.8 Å². The number of rotatable bonds is 3. The van der Waals surface area contributed by atoms with Crippen molar-refractivity contribution in [3.05, 3.63) is 34.6 Å². The van der Waals surface area contributed by atoms with Gasteiger partial charge in [-0.1, -0.05) is 11.6 Å². The van der Waals surface area contributed by atoms with Gasteiger partial charge in [-0.3, -0.25) is 0 Å². The van der Waals surface area contributed by atoms with Crippen LogP contribution in [0, 0.1) is 5.82 Å². The summed E-state index contributed by atoms with van der Waals surface area (Å²) in [4.78, 5) is 0. The Labute approximate surface area is 98.8 Å². The first-order chi connectivity index (χ1) is 7.66. The quantitative estimate of drug-likeness (QED) is 0.863. The fourth-order valence-electron chi connectivity index (χ4n) is 2.07. The van der Waals surface area contributed by atoms with Gasteiger partial charge in [-0.05, 0) is 43.1 Å². The highest BCUT2D eigenvalue weighted by atomic mass is 35.5. The number of benzene rings is 1. The van der Waals surface area contributed by atoms with Crippen molar-refractivity contribution >= 4 is 11.6 Å². The maximum Gasteiger partial charge on any atom is 0.123 e. The molecule has 1 nitrogen and oxygen atoms in total.